The van der Waals surface area contributed by atoms with Gasteiger partial charge >= 0.3 is 0 Å². The third-order valence-electron chi connectivity index (χ3n) is 5.86. The Morgan fingerprint density at radius 2 is 1.84 bits per heavy atom. The van der Waals surface area contributed by atoms with Crippen molar-refractivity contribution in [2.24, 2.45) is 0 Å². The molecule has 2 aromatic carbocycles. The first-order valence-corrected chi connectivity index (χ1v) is 11.3. The van der Waals surface area contributed by atoms with Crippen molar-refractivity contribution in [1.82, 2.24) is 20.0 Å². The molecule has 1 unspecified atom stereocenters. The van der Waals surface area contributed by atoms with Crippen molar-refractivity contribution >= 4 is 11.8 Å². The maximum Gasteiger partial charge on any atom is 0.272 e. The van der Waals surface area contributed by atoms with E-state index in [9.17, 15) is 9.59 Å². The normalized spacial score (nSPS) is 14.6. The highest BCUT2D eigenvalue weighted by Gasteiger charge is 2.26. The lowest BCUT2D eigenvalue weighted by Crippen LogP contribution is -2.33. The molecule has 1 aliphatic rings. The highest BCUT2D eigenvalue weighted by molar-refractivity contribution is 5.98. The smallest absolute Gasteiger partial charge is 0.272 e. The highest BCUT2D eigenvalue weighted by atomic mass is 16.2. The number of carbonyl (C=O) groups excluding carboxylic acids is 2. The summed E-state index contributed by atoms with van der Waals surface area (Å²) in [5.74, 6) is -0.308. The lowest BCUT2D eigenvalue weighted by atomic mass is 10.1. The molecule has 1 atom stereocenters. The molecule has 0 bridgehead atoms. The van der Waals surface area contributed by atoms with Gasteiger partial charge in [-0.25, -0.2) is 0 Å². The van der Waals surface area contributed by atoms with Gasteiger partial charge in [0.1, 0.15) is 5.69 Å². The minimum atomic E-state index is -0.232. The lowest BCUT2D eigenvalue weighted by Gasteiger charge is -2.20. The first kappa shape index (κ1) is 21.8. The summed E-state index contributed by atoms with van der Waals surface area (Å²) in [4.78, 5) is 27.8. The van der Waals surface area contributed by atoms with Crippen molar-refractivity contribution in [3.05, 3.63) is 88.7 Å². The van der Waals surface area contributed by atoms with E-state index in [-0.39, 0.29) is 17.9 Å². The molecule has 0 aliphatic carbocycles. The zero-order valence-corrected chi connectivity index (χ0v) is 18.8. The van der Waals surface area contributed by atoms with Gasteiger partial charge in [0, 0.05) is 31.7 Å². The minimum absolute atomic E-state index is 0.0118. The van der Waals surface area contributed by atoms with Crippen LogP contribution in [0.5, 0.6) is 0 Å². The molecule has 0 saturated carbocycles. The van der Waals surface area contributed by atoms with Crippen molar-refractivity contribution < 1.29 is 9.59 Å². The van der Waals surface area contributed by atoms with E-state index in [2.05, 4.69) is 41.6 Å². The Balaban J connectivity index is 1.40. The van der Waals surface area contributed by atoms with Gasteiger partial charge in [0.2, 0.25) is 0 Å². The third-order valence-corrected chi connectivity index (χ3v) is 5.86. The van der Waals surface area contributed by atoms with Crippen LogP contribution in [0.1, 0.15) is 57.4 Å². The molecule has 1 aromatic heterocycles. The number of hydrogen-bond donors (Lipinski definition) is 1. The van der Waals surface area contributed by atoms with E-state index in [1.54, 1.807) is 10.7 Å². The summed E-state index contributed by atoms with van der Waals surface area (Å²) in [5.41, 5.74) is 4.32. The van der Waals surface area contributed by atoms with Crippen LogP contribution in [-0.4, -0.2) is 39.1 Å². The fourth-order valence-corrected chi connectivity index (χ4v) is 4.12. The van der Waals surface area contributed by atoms with Crippen LogP contribution in [0.3, 0.4) is 0 Å². The summed E-state index contributed by atoms with van der Waals surface area (Å²) in [6.07, 6.45) is 2.54. The molecule has 1 N–H and O–H groups in total. The monoisotopic (exact) mass is 430 g/mol. The average molecular weight is 431 g/mol. The number of aromatic nitrogens is 2. The molecular weight excluding hydrogens is 400 g/mol. The Morgan fingerprint density at radius 1 is 1.06 bits per heavy atom. The molecule has 2 heterocycles. The quantitative estimate of drug-likeness (QED) is 0.616. The molecule has 1 aliphatic heterocycles. The fourth-order valence-electron chi connectivity index (χ4n) is 4.12. The van der Waals surface area contributed by atoms with E-state index < -0.39 is 0 Å². The van der Waals surface area contributed by atoms with Crippen LogP contribution in [0.15, 0.2) is 60.7 Å². The van der Waals surface area contributed by atoms with E-state index in [4.69, 9.17) is 0 Å². The predicted molar refractivity (Wildman–Crippen MR) is 124 cm³/mol. The molecule has 0 saturated heterocycles. The molecule has 3 aromatic rings. The maximum absolute atomic E-state index is 13.2. The van der Waals surface area contributed by atoms with E-state index in [0.717, 1.165) is 24.8 Å². The molecule has 2 amide bonds. The Kier molecular flexibility index (Phi) is 6.69. The predicted octanol–water partition coefficient (Wildman–Crippen LogP) is 3.99. The van der Waals surface area contributed by atoms with Crippen molar-refractivity contribution in [2.75, 3.05) is 6.54 Å². The second-order valence-corrected chi connectivity index (χ2v) is 8.61. The maximum atomic E-state index is 13.2. The molecule has 6 nitrogen and oxygen atoms in total. The molecule has 166 valence electrons. The van der Waals surface area contributed by atoms with E-state index in [1.165, 1.54) is 11.1 Å². The van der Waals surface area contributed by atoms with Crippen LogP contribution in [0, 0.1) is 6.92 Å². The zero-order valence-electron chi connectivity index (χ0n) is 18.8. The second-order valence-electron chi connectivity index (χ2n) is 8.61. The molecule has 6 heteroatoms. The number of nitrogens with one attached hydrogen (secondary N) is 1. The van der Waals surface area contributed by atoms with E-state index in [0.29, 0.717) is 31.0 Å². The van der Waals surface area contributed by atoms with E-state index in [1.807, 2.05) is 42.2 Å². The average Bonchev–Trinajstić information content (AvgIpc) is 3.16. The van der Waals surface area contributed by atoms with Crippen molar-refractivity contribution in [3.8, 4) is 0 Å². The summed E-state index contributed by atoms with van der Waals surface area (Å²) in [5, 5.41) is 7.47. The van der Waals surface area contributed by atoms with Crippen LogP contribution >= 0.6 is 0 Å². The molecular formula is C26H30N4O2. The van der Waals surface area contributed by atoms with Crippen LogP contribution in [-0.2, 0) is 19.5 Å². The SMILES string of the molecule is Cc1cccc(CN2CCCn3nc(C(=O)NC(C)CCc4ccccc4)cc3C2=O)c1. The van der Waals surface area contributed by atoms with Crippen LogP contribution in [0.25, 0.3) is 0 Å². The summed E-state index contributed by atoms with van der Waals surface area (Å²) < 4.78 is 1.68. The van der Waals surface area contributed by atoms with Gasteiger partial charge in [0.05, 0.1) is 0 Å². The summed E-state index contributed by atoms with van der Waals surface area (Å²) in [7, 11) is 0. The van der Waals surface area contributed by atoms with Gasteiger partial charge in [-0.1, -0.05) is 60.2 Å². The van der Waals surface area contributed by atoms with Crippen molar-refractivity contribution in [1.29, 1.82) is 0 Å². The molecule has 4 rings (SSSR count). The van der Waals surface area contributed by atoms with Crippen LogP contribution < -0.4 is 5.32 Å². The van der Waals surface area contributed by atoms with Gasteiger partial charge in [-0.05, 0) is 44.2 Å². The number of amides is 2. The summed E-state index contributed by atoms with van der Waals surface area (Å²) in [6.45, 7) is 5.91. The summed E-state index contributed by atoms with van der Waals surface area (Å²) in [6, 6.07) is 20.1. The lowest BCUT2D eigenvalue weighted by molar-refractivity contribution is 0.0745. The number of rotatable bonds is 7. The molecule has 32 heavy (non-hydrogen) atoms. The minimum Gasteiger partial charge on any atom is -0.348 e. The number of benzene rings is 2. The summed E-state index contributed by atoms with van der Waals surface area (Å²) >= 11 is 0. The highest BCUT2D eigenvalue weighted by Crippen LogP contribution is 2.17. The fraction of sp³-hybridized carbons (Fsp3) is 0.346. The largest absolute Gasteiger partial charge is 0.348 e. The van der Waals surface area contributed by atoms with Gasteiger partial charge in [-0.15, -0.1) is 0 Å². The van der Waals surface area contributed by atoms with Gasteiger partial charge < -0.3 is 10.2 Å². The number of nitrogens with zero attached hydrogens (tertiary/aromatic N) is 3. The van der Waals surface area contributed by atoms with Crippen molar-refractivity contribution in [2.45, 2.75) is 52.2 Å². The van der Waals surface area contributed by atoms with Gasteiger partial charge in [-0.2, -0.15) is 5.10 Å². The molecule has 0 spiro atoms. The molecule has 0 fully saturated rings. The number of hydrogen-bond acceptors (Lipinski definition) is 3. The Morgan fingerprint density at radius 3 is 2.62 bits per heavy atom. The standard InChI is InChI=1S/C26H30N4O2/c1-19-8-6-11-22(16-19)18-29-14-7-15-30-24(26(29)32)17-23(28-30)25(31)27-20(2)12-13-21-9-4-3-5-10-21/h3-6,8-11,16-17,20H,7,12-15,18H2,1-2H3,(H,27,31). The van der Waals surface area contributed by atoms with E-state index >= 15 is 0 Å². The van der Waals surface area contributed by atoms with Crippen LogP contribution in [0.2, 0.25) is 0 Å². The van der Waals surface area contributed by atoms with Crippen molar-refractivity contribution in [3.63, 3.8) is 0 Å². The van der Waals surface area contributed by atoms with Gasteiger partial charge in [0.25, 0.3) is 11.8 Å². The number of fused-ring (bicyclic) bond motifs is 1. The van der Waals surface area contributed by atoms with Gasteiger partial charge in [-0.3, -0.25) is 14.3 Å². The Labute approximate surface area is 189 Å². The first-order valence-electron chi connectivity index (χ1n) is 11.3. The first-order chi connectivity index (χ1) is 15.5. The zero-order chi connectivity index (χ0) is 22.5. The number of carbonyl (C=O) groups is 2. The van der Waals surface area contributed by atoms with Crippen LogP contribution in [0.4, 0.5) is 0 Å². The second kappa shape index (κ2) is 9.81. The molecule has 0 radical (unpaired) electrons. The van der Waals surface area contributed by atoms with Gasteiger partial charge in [0.15, 0.2) is 5.69 Å². The number of aryl methyl sites for hydroxylation is 3. The Hall–Kier alpha value is -3.41. The Bertz CT molecular complexity index is 1090. The third kappa shape index (κ3) is 5.25. The topological polar surface area (TPSA) is 67.2 Å².